The minimum Gasteiger partial charge on any atom is -0.337 e. The molecular formula is C12H17N3O3S2. The zero-order valence-electron chi connectivity index (χ0n) is 11.2. The summed E-state index contributed by atoms with van der Waals surface area (Å²) in [6.45, 7) is 4.03. The third-order valence-corrected chi connectivity index (χ3v) is 6.55. The zero-order chi connectivity index (χ0) is 14.3. The summed E-state index contributed by atoms with van der Waals surface area (Å²) in [5, 5.41) is 1.75. The van der Waals surface area contributed by atoms with E-state index in [1.54, 1.807) is 27.0 Å². The molecule has 2 fully saturated rings. The van der Waals surface area contributed by atoms with Crippen LogP contribution in [0, 0.1) is 11.8 Å². The molecule has 1 aromatic rings. The van der Waals surface area contributed by atoms with Crippen molar-refractivity contribution in [2.75, 3.05) is 31.9 Å². The molecule has 8 heteroatoms. The maximum absolute atomic E-state index is 12.2. The predicted molar refractivity (Wildman–Crippen MR) is 76.0 cm³/mol. The summed E-state index contributed by atoms with van der Waals surface area (Å²) >= 11 is 1.41. The number of thiazole rings is 1. The van der Waals surface area contributed by atoms with Crippen molar-refractivity contribution in [2.24, 2.45) is 11.8 Å². The highest BCUT2D eigenvalue weighted by Crippen LogP contribution is 2.33. The van der Waals surface area contributed by atoms with Crippen LogP contribution in [0.25, 0.3) is 0 Å². The fourth-order valence-electron chi connectivity index (χ4n) is 3.01. The van der Waals surface area contributed by atoms with Gasteiger partial charge in [-0.05, 0) is 18.8 Å². The van der Waals surface area contributed by atoms with Gasteiger partial charge in [0, 0.05) is 31.6 Å². The normalized spacial score (nSPS) is 26.9. The van der Waals surface area contributed by atoms with Crippen LogP contribution in [0.1, 0.15) is 17.4 Å². The van der Waals surface area contributed by atoms with Crippen molar-refractivity contribution in [1.29, 1.82) is 0 Å². The van der Waals surface area contributed by atoms with Gasteiger partial charge in [-0.25, -0.2) is 17.7 Å². The van der Waals surface area contributed by atoms with Gasteiger partial charge in [0.1, 0.15) is 5.69 Å². The zero-order valence-corrected chi connectivity index (χ0v) is 12.9. The van der Waals surface area contributed by atoms with Crippen molar-refractivity contribution < 1.29 is 13.2 Å². The van der Waals surface area contributed by atoms with Crippen LogP contribution in [0.4, 0.5) is 0 Å². The molecule has 2 aliphatic heterocycles. The lowest BCUT2D eigenvalue weighted by Gasteiger charge is -2.20. The van der Waals surface area contributed by atoms with Gasteiger partial charge in [-0.3, -0.25) is 4.79 Å². The Kier molecular flexibility index (Phi) is 3.55. The topological polar surface area (TPSA) is 70.6 Å². The van der Waals surface area contributed by atoms with Crippen LogP contribution in [0.3, 0.4) is 0 Å². The van der Waals surface area contributed by atoms with Crippen molar-refractivity contribution in [2.45, 2.75) is 6.92 Å². The monoisotopic (exact) mass is 315 g/mol. The van der Waals surface area contributed by atoms with Crippen LogP contribution in [-0.4, -0.2) is 60.4 Å². The van der Waals surface area contributed by atoms with E-state index < -0.39 is 10.0 Å². The summed E-state index contributed by atoms with van der Waals surface area (Å²) in [4.78, 5) is 18.1. The Morgan fingerprint density at radius 2 is 2.00 bits per heavy atom. The van der Waals surface area contributed by atoms with Crippen molar-refractivity contribution in [3.63, 3.8) is 0 Å². The number of fused-ring (bicyclic) bond motifs is 1. The van der Waals surface area contributed by atoms with Gasteiger partial charge in [0.25, 0.3) is 5.91 Å². The fraction of sp³-hybridized carbons (Fsp3) is 0.667. The summed E-state index contributed by atoms with van der Waals surface area (Å²) in [7, 11) is -3.10. The average Bonchev–Trinajstić information content (AvgIpc) is 3.12. The van der Waals surface area contributed by atoms with Crippen molar-refractivity contribution in [3.8, 4) is 0 Å². The summed E-state index contributed by atoms with van der Waals surface area (Å²) in [6, 6.07) is 0. The van der Waals surface area contributed by atoms with Gasteiger partial charge in [0.05, 0.1) is 11.3 Å². The van der Waals surface area contributed by atoms with Crippen molar-refractivity contribution in [3.05, 3.63) is 16.6 Å². The third-order valence-electron chi connectivity index (χ3n) is 4.15. The molecule has 3 heterocycles. The predicted octanol–water partition coefficient (Wildman–Crippen LogP) is 0.497. The number of carbonyl (C=O) groups is 1. The Morgan fingerprint density at radius 3 is 2.50 bits per heavy atom. The number of amides is 1. The van der Waals surface area contributed by atoms with Crippen LogP contribution in [0.2, 0.25) is 0 Å². The van der Waals surface area contributed by atoms with Crippen molar-refractivity contribution >= 4 is 27.3 Å². The second-order valence-electron chi connectivity index (χ2n) is 5.32. The van der Waals surface area contributed by atoms with Gasteiger partial charge in [0.15, 0.2) is 0 Å². The Hall–Kier alpha value is -0.990. The number of hydrogen-bond donors (Lipinski definition) is 0. The molecule has 0 radical (unpaired) electrons. The molecule has 2 aliphatic rings. The number of hydrogen-bond acceptors (Lipinski definition) is 5. The Morgan fingerprint density at radius 1 is 1.35 bits per heavy atom. The van der Waals surface area contributed by atoms with E-state index >= 15 is 0 Å². The number of likely N-dealkylation sites (tertiary alicyclic amines) is 1. The molecule has 0 spiro atoms. The first-order valence-electron chi connectivity index (χ1n) is 6.66. The molecule has 3 rings (SSSR count). The molecule has 0 aliphatic carbocycles. The van der Waals surface area contributed by atoms with E-state index in [0.717, 1.165) is 0 Å². The molecule has 0 aromatic carbocycles. The second kappa shape index (κ2) is 5.09. The van der Waals surface area contributed by atoms with Gasteiger partial charge in [0.2, 0.25) is 10.0 Å². The van der Waals surface area contributed by atoms with E-state index in [1.165, 1.54) is 11.3 Å². The molecule has 0 unspecified atom stereocenters. The van der Waals surface area contributed by atoms with E-state index in [0.29, 0.717) is 31.9 Å². The minimum atomic E-state index is -3.10. The largest absolute Gasteiger partial charge is 0.337 e. The van der Waals surface area contributed by atoms with Gasteiger partial charge in [-0.2, -0.15) is 0 Å². The maximum Gasteiger partial charge on any atom is 0.273 e. The van der Waals surface area contributed by atoms with Crippen LogP contribution in [-0.2, 0) is 10.0 Å². The fourth-order valence-corrected chi connectivity index (χ4v) is 4.73. The molecule has 1 aromatic heterocycles. The first-order valence-corrected chi connectivity index (χ1v) is 9.21. The lowest BCUT2D eigenvalue weighted by molar-refractivity contribution is 0.0774. The summed E-state index contributed by atoms with van der Waals surface area (Å²) in [5.74, 6) is 0.636. The minimum absolute atomic E-state index is 0.0365. The number of sulfonamides is 1. The molecule has 0 bridgehead atoms. The van der Waals surface area contributed by atoms with E-state index in [-0.39, 0.29) is 23.5 Å². The number of aromatic nitrogens is 1. The van der Waals surface area contributed by atoms with E-state index in [9.17, 15) is 13.2 Å². The Balaban J connectivity index is 1.66. The van der Waals surface area contributed by atoms with E-state index in [4.69, 9.17) is 0 Å². The van der Waals surface area contributed by atoms with Gasteiger partial charge in [-0.1, -0.05) is 0 Å². The Bertz CT molecular complexity index is 585. The number of rotatable bonds is 3. The van der Waals surface area contributed by atoms with Crippen LogP contribution in [0.15, 0.2) is 10.9 Å². The molecule has 6 nitrogen and oxygen atoms in total. The van der Waals surface area contributed by atoms with Gasteiger partial charge >= 0.3 is 0 Å². The van der Waals surface area contributed by atoms with E-state index in [2.05, 4.69) is 4.98 Å². The summed E-state index contributed by atoms with van der Waals surface area (Å²) in [6.07, 6.45) is 0. The molecule has 2 atom stereocenters. The van der Waals surface area contributed by atoms with E-state index in [1.807, 2.05) is 0 Å². The number of nitrogens with zero attached hydrogens (tertiary/aromatic N) is 3. The lowest BCUT2D eigenvalue weighted by atomic mass is 10.0. The molecular weight excluding hydrogens is 298 g/mol. The molecule has 110 valence electrons. The number of carbonyl (C=O) groups excluding carboxylic acids is 1. The average molecular weight is 315 g/mol. The SMILES string of the molecule is CCS(=O)(=O)N1C[C@H]2CN(C(=O)c3cscn3)C[C@@H]2C1. The lowest BCUT2D eigenvalue weighted by Crippen LogP contribution is -2.36. The molecule has 0 saturated carbocycles. The van der Waals surface area contributed by atoms with Crippen LogP contribution in [0.5, 0.6) is 0 Å². The highest BCUT2D eigenvalue weighted by molar-refractivity contribution is 7.89. The molecule has 20 heavy (non-hydrogen) atoms. The molecule has 0 N–H and O–H groups in total. The smallest absolute Gasteiger partial charge is 0.273 e. The first kappa shape index (κ1) is 14.0. The summed E-state index contributed by atoms with van der Waals surface area (Å²) < 4.78 is 25.3. The van der Waals surface area contributed by atoms with Gasteiger partial charge in [-0.15, -0.1) is 11.3 Å². The first-order chi connectivity index (χ1) is 9.51. The highest BCUT2D eigenvalue weighted by Gasteiger charge is 2.44. The molecule has 2 saturated heterocycles. The second-order valence-corrected chi connectivity index (χ2v) is 8.30. The standard InChI is InChI=1S/C12H17N3O3S2/c1-2-20(17,18)15-5-9-3-14(4-10(9)6-15)12(16)11-7-19-8-13-11/h7-10H,2-6H2,1H3/t9-,10-/m1/s1. The van der Waals surface area contributed by atoms with Crippen LogP contribution < -0.4 is 0 Å². The highest BCUT2D eigenvalue weighted by atomic mass is 32.2. The third kappa shape index (κ3) is 2.36. The maximum atomic E-state index is 12.2. The van der Waals surface area contributed by atoms with Crippen molar-refractivity contribution in [1.82, 2.24) is 14.2 Å². The van der Waals surface area contributed by atoms with Gasteiger partial charge < -0.3 is 4.90 Å². The molecule has 1 amide bonds. The quantitative estimate of drug-likeness (QED) is 0.814. The van der Waals surface area contributed by atoms with Crippen LogP contribution >= 0.6 is 11.3 Å². The summed E-state index contributed by atoms with van der Waals surface area (Å²) in [5.41, 5.74) is 2.15. The Labute approximate surface area is 122 Å².